The van der Waals surface area contributed by atoms with Crippen molar-refractivity contribution in [1.82, 2.24) is 14.8 Å². The highest BCUT2D eigenvalue weighted by Crippen LogP contribution is 2.27. The van der Waals surface area contributed by atoms with Gasteiger partial charge in [0.25, 0.3) is 0 Å². The topological polar surface area (TPSA) is 55.1 Å². The lowest BCUT2D eigenvalue weighted by Gasteiger charge is -2.08. The number of hydrogen-bond donors (Lipinski definition) is 1. The normalized spacial score (nSPS) is 11.2. The molecule has 2 heterocycles. The number of aryl methyl sites for hydroxylation is 1. The van der Waals surface area contributed by atoms with Crippen LogP contribution < -0.4 is 5.43 Å². The summed E-state index contributed by atoms with van der Waals surface area (Å²) < 4.78 is 1.64. The van der Waals surface area contributed by atoms with Gasteiger partial charge in [0.15, 0.2) is 0 Å². The number of nitrogens with zero attached hydrogens (tertiary/aromatic N) is 4. The molecule has 5 nitrogen and oxygen atoms in total. The first-order valence-corrected chi connectivity index (χ1v) is 8.55. The fourth-order valence-corrected chi connectivity index (χ4v) is 3.04. The number of halogens is 3. The molecule has 128 valence electrons. The summed E-state index contributed by atoms with van der Waals surface area (Å²) in [6.07, 6.45) is 3.30. The van der Waals surface area contributed by atoms with Crippen molar-refractivity contribution in [3.63, 3.8) is 0 Å². The van der Waals surface area contributed by atoms with E-state index in [9.17, 15) is 0 Å². The second kappa shape index (κ2) is 7.87. The van der Waals surface area contributed by atoms with Gasteiger partial charge in [0.1, 0.15) is 11.0 Å². The second-order valence-electron chi connectivity index (χ2n) is 5.23. The van der Waals surface area contributed by atoms with Gasteiger partial charge in [-0.05, 0) is 31.2 Å². The van der Waals surface area contributed by atoms with Crippen LogP contribution in [0.15, 0.2) is 47.7 Å². The van der Waals surface area contributed by atoms with E-state index < -0.39 is 0 Å². The molecule has 8 heteroatoms. The number of benzene rings is 1. The molecule has 0 aliphatic rings. The average molecular weight is 395 g/mol. The Labute approximate surface area is 160 Å². The van der Waals surface area contributed by atoms with Gasteiger partial charge in [-0.25, -0.2) is 9.67 Å². The van der Waals surface area contributed by atoms with Crippen molar-refractivity contribution in [3.8, 4) is 0 Å². The van der Waals surface area contributed by atoms with E-state index in [0.29, 0.717) is 33.1 Å². The molecule has 0 fully saturated rings. The lowest BCUT2D eigenvalue weighted by Crippen LogP contribution is -2.03. The second-order valence-corrected chi connectivity index (χ2v) is 6.41. The minimum Gasteiger partial charge on any atom is -0.261 e. The highest BCUT2D eigenvalue weighted by molar-refractivity contribution is 6.36. The molecule has 0 aliphatic heterocycles. The van der Waals surface area contributed by atoms with Gasteiger partial charge in [0.2, 0.25) is 0 Å². The van der Waals surface area contributed by atoms with E-state index in [2.05, 4.69) is 20.6 Å². The zero-order valence-electron chi connectivity index (χ0n) is 13.2. The number of anilines is 1. The highest BCUT2D eigenvalue weighted by atomic mass is 35.5. The van der Waals surface area contributed by atoms with Crippen LogP contribution in [0.4, 0.5) is 5.82 Å². The number of rotatable bonds is 5. The molecule has 2 aromatic heterocycles. The highest BCUT2D eigenvalue weighted by Gasteiger charge is 2.14. The van der Waals surface area contributed by atoms with E-state index in [-0.39, 0.29) is 0 Å². The Hall–Kier alpha value is -2.08. The predicted molar refractivity (Wildman–Crippen MR) is 103 cm³/mol. The van der Waals surface area contributed by atoms with E-state index >= 15 is 0 Å². The van der Waals surface area contributed by atoms with Crippen molar-refractivity contribution in [2.45, 2.75) is 13.5 Å². The van der Waals surface area contributed by atoms with E-state index in [1.54, 1.807) is 35.3 Å². The van der Waals surface area contributed by atoms with Crippen LogP contribution in [0.3, 0.4) is 0 Å². The molecule has 0 saturated carbocycles. The number of pyridine rings is 1. The van der Waals surface area contributed by atoms with Crippen LogP contribution in [0, 0.1) is 6.92 Å². The number of hydrogen-bond acceptors (Lipinski definition) is 4. The van der Waals surface area contributed by atoms with Gasteiger partial charge in [0.05, 0.1) is 24.0 Å². The summed E-state index contributed by atoms with van der Waals surface area (Å²) in [5, 5.41) is 10.2. The Kier molecular flexibility index (Phi) is 5.58. The molecule has 1 aromatic carbocycles. The quantitative estimate of drug-likeness (QED) is 0.487. The molecule has 3 aromatic rings. The van der Waals surface area contributed by atoms with Gasteiger partial charge < -0.3 is 0 Å². The van der Waals surface area contributed by atoms with Crippen molar-refractivity contribution < 1.29 is 0 Å². The molecule has 25 heavy (non-hydrogen) atoms. The number of aromatic nitrogens is 3. The van der Waals surface area contributed by atoms with Crippen molar-refractivity contribution >= 4 is 46.8 Å². The maximum absolute atomic E-state index is 6.45. The molecule has 0 amide bonds. The third kappa shape index (κ3) is 4.12. The number of hydrazone groups is 1. The molecule has 0 atom stereocenters. The van der Waals surface area contributed by atoms with Gasteiger partial charge in [-0.15, -0.1) is 0 Å². The predicted octanol–water partition coefficient (Wildman–Crippen LogP) is 5.04. The average Bonchev–Trinajstić information content (AvgIpc) is 2.86. The molecule has 0 unspecified atom stereocenters. The lowest BCUT2D eigenvalue weighted by atomic mass is 10.2. The summed E-state index contributed by atoms with van der Waals surface area (Å²) in [6.45, 7) is 2.23. The first kappa shape index (κ1) is 17.7. The van der Waals surface area contributed by atoms with Gasteiger partial charge >= 0.3 is 0 Å². The fraction of sp³-hybridized carbons (Fsp3) is 0.118. The van der Waals surface area contributed by atoms with E-state index in [1.807, 2.05) is 25.1 Å². The summed E-state index contributed by atoms with van der Waals surface area (Å²) in [4.78, 5) is 4.13. The maximum Gasteiger partial charge on any atom is 0.146 e. The molecule has 0 saturated heterocycles. The van der Waals surface area contributed by atoms with Crippen molar-refractivity contribution in [2.75, 3.05) is 5.43 Å². The molecule has 0 radical (unpaired) electrons. The van der Waals surface area contributed by atoms with E-state index in [4.69, 9.17) is 34.8 Å². The van der Waals surface area contributed by atoms with Crippen LogP contribution in [-0.2, 0) is 6.54 Å². The Morgan fingerprint density at radius 1 is 1.12 bits per heavy atom. The van der Waals surface area contributed by atoms with Crippen LogP contribution in [0.25, 0.3) is 0 Å². The molecule has 0 bridgehead atoms. The standard InChI is InChI=1S/C17H14Cl3N5/c1-11-12(9-22-23-16-7-2-3-8-21-16)17(20)25(24-11)10-13-14(18)5-4-6-15(13)19/h2-9H,10H2,1H3,(H,21,23)/b22-9-. The maximum atomic E-state index is 6.45. The fourth-order valence-electron chi connectivity index (χ4n) is 2.24. The Balaban J connectivity index is 1.81. The first-order valence-electron chi connectivity index (χ1n) is 7.42. The first-order chi connectivity index (χ1) is 12.1. The molecule has 3 rings (SSSR count). The summed E-state index contributed by atoms with van der Waals surface area (Å²) >= 11 is 18.9. The van der Waals surface area contributed by atoms with Crippen molar-refractivity contribution in [3.05, 3.63) is 74.6 Å². The Morgan fingerprint density at radius 3 is 2.56 bits per heavy atom. The van der Waals surface area contributed by atoms with Gasteiger partial charge in [0, 0.05) is 21.8 Å². The molecular formula is C17H14Cl3N5. The number of nitrogens with one attached hydrogen (secondary N) is 1. The lowest BCUT2D eigenvalue weighted by molar-refractivity contribution is 0.680. The van der Waals surface area contributed by atoms with E-state index in [1.165, 1.54) is 0 Å². The minimum absolute atomic E-state index is 0.375. The van der Waals surface area contributed by atoms with Crippen LogP contribution >= 0.6 is 34.8 Å². The van der Waals surface area contributed by atoms with Crippen molar-refractivity contribution in [1.29, 1.82) is 0 Å². The SMILES string of the molecule is Cc1nn(Cc2c(Cl)cccc2Cl)c(Cl)c1/C=N\Nc1ccccn1. The summed E-state index contributed by atoms with van der Waals surface area (Å²) in [7, 11) is 0. The molecule has 0 aliphatic carbocycles. The molecule has 0 spiro atoms. The third-order valence-corrected chi connectivity index (χ3v) is 4.62. The zero-order chi connectivity index (χ0) is 17.8. The Bertz CT molecular complexity index is 886. The van der Waals surface area contributed by atoms with Gasteiger partial charge in [-0.3, -0.25) is 5.43 Å². The van der Waals surface area contributed by atoms with Crippen LogP contribution in [0.5, 0.6) is 0 Å². The van der Waals surface area contributed by atoms with Crippen molar-refractivity contribution in [2.24, 2.45) is 5.10 Å². The largest absolute Gasteiger partial charge is 0.261 e. The van der Waals surface area contributed by atoms with Gasteiger partial charge in [-0.2, -0.15) is 10.2 Å². The summed E-state index contributed by atoms with van der Waals surface area (Å²) in [5.41, 5.74) is 5.08. The van der Waals surface area contributed by atoms with Crippen LogP contribution in [-0.4, -0.2) is 21.0 Å². The monoisotopic (exact) mass is 393 g/mol. The van der Waals surface area contributed by atoms with Crippen LogP contribution in [0.2, 0.25) is 15.2 Å². The minimum atomic E-state index is 0.375. The zero-order valence-corrected chi connectivity index (χ0v) is 15.5. The summed E-state index contributed by atoms with van der Waals surface area (Å²) in [5.74, 6) is 0.641. The third-order valence-electron chi connectivity index (χ3n) is 3.52. The van der Waals surface area contributed by atoms with E-state index in [0.717, 1.165) is 11.3 Å². The van der Waals surface area contributed by atoms with Gasteiger partial charge in [-0.1, -0.05) is 46.9 Å². The Morgan fingerprint density at radius 2 is 1.88 bits per heavy atom. The smallest absolute Gasteiger partial charge is 0.146 e. The molecular weight excluding hydrogens is 381 g/mol. The molecule has 1 N–H and O–H groups in total. The van der Waals surface area contributed by atoms with Crippen LogP contribution in [0.1, 0.15) is 16.8 Å². The summed E-state index contributed by atoms with van der Waals surface area (Å²) in [6, 6.07) is 10.9.